The van der Waals surface area contributed by atoms with E-state index in [2.05, 4.69) is 15.5 Å². The Morgan fingerprint density at radius 1 is 1.19 bits per heavy atom. The van der Waals surface area contributed by atoms with Crippen LogP contribution < -0.4 is 20.3 Å². The Morgan fingerprint density at radius 3 is 2.70 bits per heavy atom. The molecule has 0 bridgehead atoms. The number of anilines is 1. The third-order valence-corrected chi connectivity index (χ3v) is 4.64. The maximum Gasteiger partial charge on any atom is 0.239 e. The molecule has 6 heteroatoms. The molecule has 6 nitrogen and oxygen atoms in total. The molecule has 1 fully saturated rings. The summed E-state index contributed by atoms with van der Waals surface area (Å²) in [6.45, 7) is 2.36. The van der Waals surface area contributed by atoms with Gasteiger partial charge in [-0.25, -0.2) is 0 Å². The second-order valence-electron chi connectivity index (χ2n) is 6.53. The highest BCUT2D eigenvalue weighted by Gasteiger charge is 2.16. The lowest BCUT2D eigenvalue weighted by atomic mass is 10.1. The number of nitrogens with one attached hydrogen (secondary N) is 2. The first-order valence-electron chi connectivity index (χ1n) is 9.15. The number of hydrogen-bond acceptors (Lipinski definition) is 4. The third-order valence-electron chi connectivity index (χ3n) is 4.64. The van der Waals surface area contributed by atoms with Crippen molar-refractivity contribution < 1.29 is 14.3 Å². The Morgan fingerprint density at radius 2 is 1.96 bits per heavy atom. The van der Waals surface area contributed by atoms with E-state index in [4.69, 9.17) is 4.74 Å². The van der Waals surface area contributed by atoms with Crippen LogP contribution >= 0.6 is 0 Å². The minimum absolute atomic E-state index is 0.0117. The maximum atomic E-state index is 12.1. The quantitative estimate of drug-likeness (QED) is 0.784. The number of piperazine rings is 1. The Kier molecular flexibility index (Phi) is 6.30. The zero-order valence-corrected chi connectivity index (χ0v) is 15.5. The van der Waals surface area contributed by atoms with Gasteiger partial charge in [-0.15, -0.1) is 0 Å². The molecule has 0 atom stereocenters. The van der Waals surface area contributed by atoms with Gasteiger partial charge in [-0.1, -0.05) is 30.3 Å². The minimum Gasteiger partial charge on any atom is -0.496 e. The molecular formula is C21H25N3O3. The number of carbonyl (C=O) groups is 2. The topological polar surface area (TPSA) is 70.7 Å². The molecule has 1 aliphatic rings. The molecule has 1 heterocycles. The highest BCUT2D eigenvalue weighted by atomic mass is 16.5. The van der Waals surface area contributed by atoms with Gasteiger partial charge in [-0.05, 0) is 35.7 Å². The van der Waals surface area contributed by atoms with E-state index < -0.39 is 0 Å². The fourth-order valence-electron chi connectivity index (χ4n) is 3.13. The summed E-state index contributed by atoms with van der Waals surface area (Å²) >= 11 is 0. The number of ether oxygens (including phenoxy) is 1. The van der Waals surface area contributed by atoms with E-state index in [9.17, 15) is 9.59 Å². The van der Waals surface area contributed by atoms with Gasteiger partial charge < -0.3 is 20.3 Å². The smallest absolute Gasteiger partial charge is 0.239 e. The van der Waals surface area contributed by atoms with Gasteiger partial charge >= 0.3 is 0 Å². The molecule has 27 heavy (non-hydrogen) atoms. The number of rotatable bonds is 7. The van der Waals surface area contributed by atoms with Gasteiger partial charge in [0.05, 0.1) is 13.7 Å². The fraction of sp³-hybridized carbons (Fsp3) is 0.333. The number of nitrogens with zero attached hydrogens (tertiary/aromatic N) is 1. The van der Waals surface area contributed by atoms with Crippen LogP contribution in [0.5, 0.6) is 5.75 Å². The minimum atomic E-state index is 0.0117. The molecule has 2 amide bonds. The van der Waals surface area contributed by atoms with Crippen LogP contribution in [-0.4, -0.2) is 38.6 Å². The number of benzene rings is 2. The Hall–Kier alpha value is -3.02. The average molecular weight is 367 g/mol. The summed E-state index contributed by atoms with van der Waals surface area (Å²) in [7, 11) is 1.64. The lowest BCUT2D eigenvalue weighted by Crippen LogP contribution is -2.47. The summed E-state index contributed by atoms with van der Waals surface area (Å²) in [5.41, 5.74) is 3.09. The first-order chi connectivity index (χ1) is 13.2. The highest BCUT2D eigenvalue weighted by Crippen LogP contribution is 2.19. The van der Waals surface area contributed by atoms with Crippen molar-refractivity contribution >= 4 is 17.5 Å². The summed E-state index contributed by atoms with van der Waals surface area (Å²) in [6, 6.07) is 15.7. The van der Waals surface area contributed by atoms with Crippen LogP contribution in [0, 0.1) is 0 Å². The lowest BCUT2D eigenvalue weighted by molar-refractivity contribution is -0.121. The van der Waals surface area contributed by atoms with Crippen molar-refractivity contribution in [3.05, 3.63) is 59.7 Å². The molecule has 142 valence electrons. The van der Waals surface area contributed by atoms with E-state index in [1.54, 1.807) is 7.11 Å². The van der Waals surface area contributed by atoms with Crippen LogP contribution in [0.25, 0.3) is 0 Å². The number of para-hydroxylation sites is 1. The predicted octanol–water partition coefficient (Wildman–Crippen LogP) is 1.88. The summed E-state index contributed by atoms with van der Waals surface area (Å²) in [5.74, 6) is 0.873. The molecular weight excluding hydrogens is 342 g/mol. The molecule has 0 aliphatic carbocycles. The Balaban J connectivity index is 1.46. The monoisotopic (exact) mass is 367 g/mol. The van der Waals surface area contributed by atoms with Crippen LogP contribution in [-0.2, 0) is 22.6 Å². The third kappa shape index (κ3) is 5.23. The maximum absolute atomic E-state index is 12.1. The largest absolute Gasteiger partial charge is 0.496 e. The van der Waals surface area contributed by atoms with E-state index in [1.165, 1.54) is 0 Å². The molecule has 0 aromatic heterocycles. The molecule has 1 saturated heterocycles. The summed E-state index contributed by atoms with van der Waals surface area (Å²) in [6.07, 6.45) is 1.06. The van der Waals surface area contributed by atoms with Crippen LogP contribution in [0.15, 0.2) is 48.5 Å². The summed E-state index contributed by atoms with van der Waals surface area (Å²) < 4.78 is 5.31. The molecule has 2 N–H and O–H groups in total. The second kappa shape index (κ2) is 9.07. The number of aryl methyl sites for hydroxylation is 1. The van der Waals surface area contributed by atoms with Crippen molar-refractivity contribution in [2.24, 2.45) is 0 Å². The molecule has 3 rings (SSSR count). The van der Waals surface area contributed by atoms with Crippen LogP contribution in [0.4, 0.5) is 5.69 Å². The van der Waals surface area contributed by atoms with Gasteiger partial charge in [0.25, 0.3) is 0 Å². The Labute approximate surface area is 159 Å². The van der Waals surface area contributed by atoms with Crippen molar-refractivity contribution in [2.45, 2.75) is 19.4 Å². The second-order valence-corrected chi connectivity index (χ2v) is 6.53. The predicted molar refractivity (Wildman–Crippen MR) is 105 cm³/mol. The van der Waals surface area contributed by atoms with Crippen molar-refractivity contribution in [1.29, 1.82) is 0 Å². The van der Waals surface area contributed by atoms with Crippen molar-refractivity contribution in [2.75, 3.05) is 31.6 Å². The van der Waals surface area contributed by atoms with E-state index >= 15 is 0 Å². The van der Waals surface area contributed by atoms with E-state index in [1.807, 2.05) is 48.5 Å². The number of carbonyl (C=O) groups excluding carboxylic acids is 2. The molecule has 0 spiro atoms. The normalized spacial score (nSPS) is 13.8. The van der Waals surface area contributed by atoms with Crippen LogP contribution in [0.1, 0.15) is 17.5 Å². The number of amides is 2. The van der Waals surface area contributed by atoms with Crippen molar-refractivity contribution in [3.8, 4) is 5.75 Å². The van der Waals surface area contributed by atoms with Gasteiger partial charge in [-0.3, -0.25) is 9.59 Å². The summed E-state index contributed by atoms with van der Waals surface area (Å²) in [5, 5.41) is 5.78. The van der Waals surface area contributed by atoms with Gasteiger partial charge in [0.1, 0.15) is 5.75 Å². The van der Waals surface area contributed by atoms with Crippen LogP contribution in [0.3, 0.4) is 0 Å². The molecule has 2 aromatic rings. The molecule has 0 radical (unpaired) electrons. The first kappa shape index (κ1) is 18.8. The zero-order chi connectivity index (χ0) is 19.1. The zero-order valence-electron chi connectivity index (χ0n) is 15.5. The molecule has 1 aliphatic heterocycles. The van der Waals surface area contributed by atoms with Crippen molar-refractivity contribution in [3.63, 3.8) is 0 Å². The van der Waals surface area contributed by atoms with E-state index in [0.29, 0.717) is 32.5 Å². The highest BCUT2D eigenvalue weighted by molar-refractivity contribution is 5.82. The van der Waals surface area contributed by atoms with E-state index in [-0.39, 0.29) is 11.8 Å². The number of hydrogen-bond donors (Lipinski definition) is 2. The molecule has 0 saturated carbocycles. The van der Waals surface area contributed by atoms with Gasteiger partial charge in [-0.2, -0.15) is 0 Å². The number of methoxy groups -OCH3 is 1. The fourth-order valence-corrected chi connectivity index (χ4v) is 3.13. The van der Waals surface area contributed by atoms with E-state index in [0.717, 1.165) is 29.1 Å². The van der Waals surface area contributed by atoms with Gasteiger partial charge in [0.2, 0.25) is 11.8 Å². The Bertz CT molecular complexity index is 790. The lowest BCUT2D eigenvalue weighted by Gasteiger charge is -2.28. The summed E-state index contributed by atoms with van der Waals surface area (Å²) in [4.78, 5) is 25.7. The van der Waals surface area contributed by atoms with Crippen molar-refractivity contribution in [1.82, 2.24) is 10.6 Å². The average Bonchev–Trinajstić information content (AvgIpc) is 2.71. The van der Waals surface area contributed by atoms with Gasteiger partial charge in [0, 0.05) is 31.7 Å². The van der Waals surface area contributed by atoms with Crippen LogP contribution in [0.2, 0.25) is 0 Å². The standard InChI is InChI=1S/C21H25N3O3/c1-27-19-5-3-2-4-17(19)8-11-20(25)23-14-16-6-9-18(10-7-16)24-13-12-22-21(26)15-24/h2-7,9-10H,8,11-15H2,1H3,(H,22,26)(H,23,25). The first-order valence-corrected chi connectivity index (χ1v) is 9.15. The SMILES string of the molecule is COc1ccccc1CCC(=O)NCc1ccc(N2CCNC(=O)C2)cc1. The molecule has 0 unspecified atom stereocenters. The molecule has 2 aromatic carbocycles. The van der Waals surface area contributed by atoms with Gasteiger partial charge in [0.15, 0.2) is 0 Å².